The molecule has 2 aromatic rings. The summed E-state index contributed by atoms with van der Waals surface area (Å²) in [6.07, 6.45) is 4.36. The summed E-state index contributed by atoms with van der Waals surface area (Å²) in [6, 6.07) is 3.52. The van der Waals surface area contributed by atoms with Gasteiger partial charge in [-0.15, -0.1) is 0 Å². The molecular weight excluding hydrogens is 300 g/mol. The van der Waals surface area contributed by atoms with Crippen LogP contribution in [-0.2, 0) is 16.0 Å². The topological polar surface area (TPSA) is 109 Å². The molecule has 0 aliphatic heterocycles. The summed E-state index contributed by atoms with van der Waals surface area (Å²) in [5.41, 5.74) is 0.778. The second-order valence-corrected chi connectivity index (χ2v) is 4.96. The van der Waals surface area contributed by atoms with Crippen LogP contribution in [0.3, 0.4) is 0 Å². The van der Waals surface area contributed by atoms with Crippen LogP contribution in [-0.4, -0.2) is 50.1 Å². The molecule has 0 unspecified atom stereocenters. The van der Waals surface area contributed by atoms with Gasteiger partial charge in [0, 0.05) is 37.3 Å². The number of pyridine rings is 1. The molecule has 2 rings (SSSR count). The van der Waals surface area contributed by atoms with Crippen LogP contribution in [0.15, 0.2) is 29.0 Å². The van der Waals surface area contributed by atoms with Gasteiger partial charge in [0.05, 0.1) is 0 Å². The van der Waals surface area contributed by atoms with E-state index in [1.165, 1.54) is 4.90 Å². The lowest BCUT2D eigenvalue weighted by molar-refractivity contribution is -0.144. The summed E-state index contributed by atoms with van der Waals surface area (Å²) in [6.45, 7) is 2.01. The molecule has 2 heterocycles. The highest BCUT2D eigenvalue weighted by Crippen LogP contribution is 2.14. The highest BCUT2D eigenvalue weighted by molar-refractivity contribution is 5.81. The van der Waals surface area contributed by atoms with Gasteiger partial charge in [0.25, 0.3) is 0 Å². The molecule has 0 fully saturated rings. The lowest BCUT2D eigenvalue weighted by Gasteiger charge is -2.19. The lowest BCUT2D eigenvalue weighted by Crippen LogP contribution is -2.36. The maximum atomic E-state index is 12.1. The van der Waals surface area contributed by atoms with E-state index < -0.39 is 5.97 Å². The molecule has 8 heteroatoms. The van der Waals surface area contributed by atoms with Crippen molar-refractivity contribution in [2.45, 2.75) is 26.2 Å². The maximum Gasteiger partial charge on any atom is 0.323 e. The minimum Gasteiger partial charge on any atom is -0.480 e. The van der Waals surface area contributed by atoms with Crippen LogP contribution in [0.4, 0.5) is 0 Å². The number of aryl methyl sites for hydroxylation is 1. The van der Waals surface area contributed by atoms with Crippen LogP contribution < -0.4 is 0 Å². The van der Waals surface area contributed by atoms with Gasteiger partial charge in [0.2, 0.25) is 17.6 Å². The molecule has 1 N–H and O–H groups in total. The van der Waals surface area contributed by atoms with E-state index in [1.807, 2.05) is 6.92 Å². The Kier molecular flexibility index (Phi) is 5.79. The standard InChI is InChI=1S/C15H18N4O4/c1-2-9-19(10-14(21)22)13(20)4-3-12-17-15(18-23-12)11-5-7-16-8-6-11/h5-8H,2-4,9-10H2,1H3,(H,21,22). The monoisotopic (exact) mass is 318 g/mol. The maximum absolute atomic E-state index is 12.1. The summed E-state index contributed by atoms with van der Waals surface area (Å²) in [5.74, 6) is -0.481. The summed E-state index contributed by atoms with van der Waals surface area (Å²) < 4.78 is 5.12. The summed E-state index contributed by atoms with van der Waals surface area (Å²) in [7, 11) is 0. The first-order valence-corrected chi connectivity index (χ1v) is 7.32. The zero-order valence-electron chi connectivity index (χ0n) is 12.8. The Bertz CT molecular complexity index is 657. The number of aromatic nitrogens is 3. The summed E-state index contributed by atoms with van der Waals surface area (Å²) in [4.78, 5) is 32.3. The highest BCUT2D eigenvalue weighted by Gasteiger charge is 2.17. The van der Waals surface area contributed by atoms with E-state index in [0.29, 0.717) is 24.7 Å². The molecule has 0 radical (unpaired) electrons. The number of hydrogen-bond donors (Lipinski definition) is 1. The average molecular weight is 318 g/mol. The van der Waals surface area contributed by atoms with Crippen molar-refractivity contribution in [2.24, 2.45) is 0 Å². The van der Waals surface area contributed by atoms with Crippen LogP contribution in [0.5, 0.6) is 0 Å². The van der Waals surface area contributed by atoms with Gasteiger partial charge in [-0.2, -0.15) is 4.98 Å². The van der Waals surface area contributed by atoms with Crippen molar-refractivity contribution in [1.82, 2.24) is 20.0 Å². The summed E-state index contributed by atoms with van der Waals surface area (Å²) in [5, 5.41) is 12.7. The molecule has 0 saturated heterocycles. The molecule has 0 bridgehead atoms. The minimum atomic E-state index is -1.02. The Balaban J connectivity index is 1.93. The Morgan fingerprint density at radius 3 is 2.70 bits per heavy atom. The Morgan fingerprint density at radius 1 is 1.30 bits per heavy atom. The van der Waals surface area contributed by atoms with Gasteiger partial charge in [0.1, 0.15) is 6.54 Å². The Hall–Kier alpha value is -2.77. The number of nitrogens with zero attached hydrogens (tertiary/aromatic N) is 4. The van der Waals surface area contributed by atoms with Gasteiger partial charge in [-0.3, -0.25) is 14.6 Å². The van der Waals surface area contributed by atoms with Crippen molar-refractivity contribution in [3.63, 3.8) is 0 Å². The molecule has 0 aliphatic rings. The Labute approximate surface area is 133 Å². The van der Waals surface area contributed by atoms with E-state index >= 15 is 0 Å². The number of rotatable bonds is 8. The van der Waals surface area contributed by atoms with E-state index in [1.54, 1.807) is 24.5 Å². The third-order valence-corrected chi connectivity index (χ3v) is 3.13. The first-order chi connectivity index (χ1) is 11.1. The number of carboxylic acid groups (broad SMARTS) is 1. The minimum absolute atomic E-state index is 0.130. The zero-order valence-corrected chi connectivity index (χ0v) is 12.8. The van der Waals surface area contributed by atoms with Gasteiger partial charge in [0.15, 0.2) is 0 Å². The normalized spacial score (nSPS) is 10.5. The molecule has 0 aromatic carbocycles. The van der Waals surface area contributed by atoms with E-state index in [2.05, 4.69) is 15.1 Å². The molecule has 122 valence electrons. The van der Waals surface area contributed by atoms with E-state index in [9.17, 15) is 9.59 Å². The van der Waals surface area contributed by atoms with Gasteiger partial charge < -0.3 is 14.5 Å². The molecule has 0 aliphatic carbocycles. The van der Waals surface area contributed by atoms with Crippen LogP contribution >= 0.6 is 0 Å². The van der Waals surface area contributed by atoms with Crippen LogP contribution in [0.1, 0.15) is 25.7 Å². The van der Waals surface area contributed by atoms with E-state index in [-0.39, 0.29) is 25.3 Å². The largest absolute Gasteiger partial charge is 0.480 e. The molecule has 2 aromatic heterocycles. The molecular formula is C15H18N4O4. The molecule has 0 saturated carbocycles. The number of carbonyl (C=O) groups is 2. The van der Waals surface area contributed by atoms with Crippen LogP contribution in [0.25, 0.3) is 11.4 Å². The third kappa shape index (κ3) is 4.87. The summed E-state index contributed by atoms with van der Waals surface area (Å²) >= 11 is 0. The highest BCUT2D eigenvalue weighted by atomic mass is 16.5. The van der Waals surface area contributed by atoms with Gasteiger partial charge in [-0.1, -0.05) is 12.1 Å². The molecule has 1 amide bonds. The third-order valence-electron chi connectivity index (χ3n) is 3.13. The smallest absolute Gasteiger partial charge is 0.323 e. The fourth-order valence-electron chi connectivity index (χ4n) is 2.07. The van der Waals surface area contributed by atoms with E-state index in [0.717, 1.165) is 5.56 Å². The number of carbonyl (C=O) groups excluding carboxylic acids is 1. The second kappa shape index (κ2) is 8.02. The van der Waals surface area contributed by atoms with Crippen molar-refractivity contribution in [2.75, 3.05) is 13.1 Å². The number of hydrogen-bond acceptors (Lipinski definition) is 6. The van der Waals surface area contributed by atoms with E-state index in [4.69, 9.17) is 9.63 Å². The predicted octanol–water partition coefficient (Wildman–Crippen LogP) is 1.39. The average Bonchev–Trinajstić information content (AvgIpc) is 3.01. The number of carboxylic acids is 1. The molecule has 0 atom stereocenters. The first kappa shape index (κ1) is 16.6. The van der Waals surface area contributed by atoms with Crippen LogP contribution in [0.2, 0.25) is 0 Å². The van der Waals surface area contributed by atoms with Crippen LogP contribution in [0, 0.1) is 0 Å². The SMILES string of the molecule is CCCN(CC(=O)O)C(=O)CCc1nc(-c2ccncc2)no1. The zero-order chi connectivity index (χ0) is 16.7. The molecule has 8 nitrogen and oxygen atoms in total. The Morgan fingerprint density at radius 2 is 2.04 bits per heavy atom. The van der Waals surface area contributed by atoms with Crippen molar-refractivity contribution in [1.29, 1.82) is 0 Å². The quantitative estimate of drug-likeness (QED) is 0.783. The number of aliphatic carboxylic acids is 1. The molecule has 23 heavy (non-hydrogen) atoms. The number of amides is 1. The molecule has 0 spiro atoms. The predicted molar refractivity (Wildman–Crippen MR) is 80.4 cm³/mol. The second-order valence-electron chi connectivity index (χ2n) is 4.96. The van der Waals surface area contributed by atoms with Gasteiger partial charge in [-0.25, -0.2) is 0 Å². The van der Waals surface area contributed by atoms with Gasteiger partial charge >= 0.3 is 5.97 Å². The lowest BCUT2D eigenvalue weighted by atomic mass is 10.2. The van der Waals surface area contributed by atoms with Crippen molar-refractivity contribution >= 4 is 11.9 Å². The van der Waals surface area contributed by atoms with Crippen molar-refractivity contribution < 1.29 is 19.2 Å². The fraction of sp³-hybridized carbons (Fsp3) is 0.400. The first-order valence-electron chi connectivity index (χ1n) is 7.32. The fourth-order valence-corrected chi connectivity index (χ4v) is 2.07. The van der Waals surface area contributed by atoms with Crippen molar-refractivity contribution in [3.05, 3.63) is 30.4 Å². The van der Waals surface area contributed by atoms with Gasteiger partial charge in [-0.05, 0) is 18.6 Å². The van der Waals surface area contributed by atoms with Crippen molar-refractivity contribution in [3.8, 4) is 11.4 Å².